The van der Waals surface area contributed by atoms with E-state index in [1.807, 2.05) is 30.3 Å². The Kier molecular flexibility index (Phi) is 6.92. The molecule has 8 heteroatoms. The lowest BCUT2D eigenvalue weighted by Crippen LogP contribution is -2.34. The smallest absolute Gasteiger partial charge is 0.295 e. The van der Waals surface area contributed by atoms with Gasteiger partial charge in [-0.3, -0.25) is 14.4 Å². The van der Waals surface area contributed by atoms with E-state index in [4.69, 9.17) is 9.47 Å². The summed E-state index contributed by atoms with van der Waals surface area (Å²) in [7, 11) is 1.57. The molecule has 1 aliphatic rings. The van der Waals surface area contributed by atoms with Gasteiger partial charge in [-0.1, -0.05) is 30.3 Å². The molecule has 0 atom stereocenters. The molecule has 2 heterocycles. The van der Waals surface area contributed by atoms with Gasteiger partial charge in [-0.05, 0) is 31.0 Å². The predicted molar refractivity (Wildman–Crippen MR) is 124 cm³/mol. The predicted octanol–water partition coefficient (Wildman–Crippen LogP) is 2.65. The van der Waals surface area contributed by atoms with Crippen molar-refractivity contribution < 1.29 is 23.9 Å². The molecule has 1 saturated heterocycles. The first kappa shape index (κ1) is 22.4. The number of nitrogens with one attached hydrogen (secondary N) is 1. The number of Topliss-reactive ketones (excluding diaryl/α,β-unsaturated/α-hetero) is 1. The maximum Gasteiger partial charge on any atom is 0.295 e. The van der Waals surface area contributed by atoms with Gasteiger partial charge in [0.2, 0.25) is 5.91 Å². The molecule has 3 aromatic rings. The molecule has 4 rings (SSSR count). The highest BCUT2D eigenvalue weighted by molar-refractivity contribution is 6.44. The molecule has 8 nitrogen and oxygen atoms in total. The van der Waals surface area contributed by atoms with Gasteiger partial charge in [-0.2, -0.15) is 0 Å². The van der Waals surface area contributed by atoms with Gasteiger partial charge in [0.15, 0.2) is 11.5 Å². The van der Waals surface area contributed by atoms with Gasteiger partial charge in [0.25, 0.3) is 11.7 Å². The van der Waals surface area contributed by atoms with Crippen molar-refractivity contribution >= 4 is 28.5 Å². The van der Waals surface area contributed by atoms with Crippen LogP contribution in [-0.2, 0) is 16.1 Å². The van der Waals surface area contributed by atoms with Crippen LogP contribution in [0.5, 0.6) is 11.5 Å². The minimum Gasteiger partial charge on any atom is -0.493 e. The second-order valence-electron chi connectivity index (χ2n) is 7.87. The summed E-state index contributed by atoms with van der Waals surface area (Å²) >= 11 is 0. The summed E-state index contributed by atoms with van der Waals surface area (Å²) in [6.45, 7) is 1.85. The van der Waals surface area contributed by atoms with E-state index in [2.05, 4.69) is 5.32 Å². The first-order valence-electron chi connectivity index (χ1n) is 11.0. The molecular formula is C25H27N3O5. The number of fused-ring (bicyclic) bond motifs is 1. The van der Waals surface area contributed by atoms with Crippen LogP contribution in [0.15, 0.2) is 54.7 Å². The number of hydrogen-bond acceptors (Lipinski definition) is 5. The Morgan fingerprint density at radius 1 is 0.970 bits per heavy atom. The molecule has 33 heavy (non-hydrogen) atoms. The SMILES string of the molecule is COc1ccccc1OCCNC(=O)Cn1cc(C(=O)C(=O)N2CCCC2)c2ccccc21. The van der Waals surface area contributed by atoms with Crippen LogP contribution in [0.4, 0.5) is 0 Å². The number of amides is 2. The molecule has 1 aliphatic heterocycles. The van der Waals surface area contributed by atoms with Crippen molar-refractivity contribution in [2.75, 3.05) is 33.4 Å². The fourth-order valence-electron chi connectivity index (χ4n) is 4.04. The topological polar surface area (TPSA) is 89.9 Å². The van der Waals surface area contributed by atoms with E-state index < -0.39 is 11.7 Å². The first-order chi connectivity index (χ1) is 16.1. The number of carbonyl (C=O) groups is 3. The third-order valence-electron chi connectivity index (χ3n) is 5.69. The average Bonchev–Trinajstić information content (AvgIpc) is 3.50. The number of carbonyl (C=O) groups excluding carboxylic acids is 3. The third kappa shape index (κ3) is 5.00. The second-order valence-corrected chi connectivity index (χ2v) is 7.87. The van der Waals surface area contributed by atoms with Crippen molar-refractivity contribution in [2.45, 2.75) is 19.4 Å². The van der Waals surface area contributed by atoms with Crippen LogP contribution in [0.3, 0.4) is 0 Å². The van der Waals surface area contributed by atoms with Crippen molar-refractivity contribution in [3.8, 4) is 11.5 Å². The Hall–Kier alpha value is -3.81. The minimum atomic E-state index is -0.530. The van der Waals surface area contributed by atoms with Gasteiger partial charge >= 0.3 is 0 Å². The van der Waals surface area contributed by atoms with Crippen LogP contribution >= 0.6 is 0 Å². The molecule has 1 fully saturated rings. The number of nitrogens with zero attached hydrogens (tertiary/aromatic N) is 2. The third-order valence-corrected chi connectivity index (χ3v) is 5.69. The fourth-order valence-corrected chi connectivity index (χ4v) is 4.04. The number of ketones is 1. The van der Waals surface area contributed by atoms with Crippen molar-refractivity contribution in [3.63, 3.8) is 0 Å². The van der Waals surface area contributed by atoms with Crippen molar-refractivity contribution in [3.05, 3.63) is 60.3 Å². The molecule has 2 aromatic carbocycles. The zero-order valence-electron chi connectivity index (χ0n) is 18.6. The fraction of sp³-hybridized carbons (Fsp3) is 0.320. The molecule has 0 unspecified atom stereocenters. The molecule has 0 spiro atoms. The molecule has 172 valence electrons. The Bertz CT molecular complexity index is 1160. The highest BCUT2D eigenvalue weighted by Crippen LogP contribution is 2.25. The molecule has 1 N–H and O–H groups in total. The van der Waals surface area contributed by atoms with Crippen LogP contribution in [0, 0.1) is 0 Å². The normalized spacial score (nSPS) is 13.2. The zero-order chi connectivity index (χ0) is 23.2. The Morgan fingerprint density at radius 2 is 1.67 bits per heavy atom. The van der Waals surface area contributed by atoms with Gasteiger partial charge in [0.05, 0.1) is 19.2 Å². The Labute approximate surface area is 192 Å². The van der Waals surface area contributed by atoms with Crippen LogP contribution < -0.4 is 14.8 Å². The summed E-state index contributed by atoms with van der Waals surface area (Å²) in [4.78, 5) is 39.7. The van der Waals surface area contributed by atoms with E-state index in [9.17, 15) is 14.4 Å². The molecular weight excluding hydrogens is 422 g/mol. The number of aromatic nitrogens is 1. The van der Waals surface area contributed by atoms with Gasteiger partial charge in [-0.25, -0.2) is 0 Å². The van der Waals surface area contributed by atoms with Gasteiger partial charge in [0, 0.05) is 30.2 Å². The van der Waals surface area contributed by atoms with Crippen molar-refractivity contribution in [1.29, 1.82) is 0 Å². The number of methoxy groups -OCH3 is 1. The van der Waals surface area contributed by atoms with Gasteiger partial charge < -0.3 is 24.3 Å². The number of para-hydroxylation sites is 3. The van der Waals surface area contributed by atoms with E-state index in [0.29, 0.717) is 42.1 Å². The maximum atomic E-state index is 12.9. The Morgan fingerprint density at radius 3 is 2.42 bits per heavy atom. The highest BCUT2D eigenvalue weighted by Gasteiger charge is 2.28. The van der Waals surface area contributed by atoms with Crippen LogP contribution in [-0.4, -0.2) is 60.4 Å². The summed E-state index contributed by atoms with van der Waals surface area (Å²) in [6, 6.07) is 14.6. The highest BCUT2D eigenvalue weighted by atomic mass is 16.5. The van der Waals surface area contributed by atoms with Gasteiger partial charge in [0.1, 0.15) is 13.2 Å². The maximum absolute atomic E-state index is 12.9. The molecule has 0 saturated carbocycles. The lowest BCUT2D eigenvalue weighted by molar-refractivity contribution is -0.125. The standard InChI is InChI=1S/C25H27N3O5/c1-32-21-10-4-5-11-22(21)33-15-12-26-23(29)17-28-16-19(18-8-2-3-9-20(18)28)24(30)25(31)27-13-6-7-14-27/h2-5,8-11,16H,6-7,12-15,17H2,1H3,(H,26,29). The Balaban J connectivity index is 1.39. The number of ether oxygens (including phenoxy) is 2. The van der Waals surface area contributed by atoms with E-state index in [-0.39, 0.29) is 19.1 Å². The minimum absolute atomic E-state index is 0.0281. The number of benzene rings is 2. The summed E-state index contributed by atoms with van der Waals surface area (Å²) < 4.78 is 12.6. The van der Waals surface area contributed by atoms with Crippen LogP contribution in [0.2, 0.25) is 0 Å². The van der Waals surface area contributed by atoms with Crippen LogP contribution in [0.1, 0.15) is 23.2 Å². The summed E-state index contributed by atoms with van der Waals surface area (Å²) in [5.74, 6) is 0.00912. The summed E-state index contributed by atoms with van der Waals surface area (Å²) in [5.41, 5.74) is 1.06. The number of hydrogen-bond donors (Lipinski definition) is 1. The number of rotatable bonds is 9. The van der Waals surface area contributed by atoms with Crippen molar-refractivity contribution in [1.82, 2.24) is 14.8 Å². The van der Waals surface area contributed by atoms with E-state index in [1.54, 1.807) is 41.0 Å². The van der Waals surface area contributed by atoms with E-state index in [1.165, 1.54) is 0 Å². The van der Waals surface area contributed by atoms with Crippen molar-refractivity contribution in [2.24, 2.45) is 0 Å². The molecule has 0 bridgehead atoms. The number of likely N-dealkylation sites (tertiary alicyclic amines) is 1. The quantitative estimate of drug-likeness (QED) is 0.308. The van der Waals surface area contributed by atoms with Crippen LogP contribution in [0.25, 0.3) is 10.9 Å². The molecule has 1 aromatic heterocycles. The lowest BCUT2D eigenvalue weighted by Gasteiger charge is -2.13. The van der Waals surface area contributed by atoms with E-state index >= 15 is 0 Å². The molecule has 2 amide bonds. The molecule has 0 radical (unpaired) electrons. The monoisotopic (exact) mass is 449 g/mol. The zero-order valence-corrected chi connectivity index (χ0v) is 18.6. The summed E-state index contributed by atoms with van der Waals surface area (Å²) in [6.07, 6.45) is 3.44. The largest absolute Gasteiger partial charge is 0.493 e. The summed E-state index contributed by atoms with van der Waals surface area (Å²) in [5, 5.41) is 3.49. The second kappa shape index (κ2) is 10.2. The average molecular weight is 450 g/mol. The van der Waals surface area contributed by atoms with E-state index in [0.717, 1.165) is 18.4 Å². The first-order valence-corrected chi connectivity index (χ1v) is 11.0. The molecule has 0 aliphatic carbocycles. The van der Waals surface area contributed by atoms with Gasteiger partial charge in [-0.15, -0.1) is 0 Å². The lowest BCUT2D eigenvalue weighted by atomic mass is 10.1.